The van der Waals surface area contributed by atoms with Gasteiger partial charge in [0.15, 0.2) is 0 Å². The third kappa shape index (κ3) is 2.29. The number of hydrazine groups is 1. The van der Waals surface area contributed by atoms with Crippen molar-refractivity contribution < 1.29 is 0 Å². The molecule has 0 atom stereocenters. The van der Waals surface area contributed by atoms with E-state index in [1.165, 1.54) is 0 Å². The fourth-order valence-corrected chi connectivity index (χ4v) is 1.65. The summed E-state index contributed by atoms with van der Waals surface area (Å²) < 4.78 is 0. The molecule has 0 aliphatic carbocycles. The third-order valence-corrected chi connectivity index (χ3v) is 2.42. The Balaban J connectivity index is 2.44. The number of nitrogen functional groups attached to an aromatic ring is 1. The van der Waals surface area contributed by atoms with E-state index >= 15 is 0 Å². The number of benzene rings is 2. The summed E-state index contributed by atoms with van der Waals surface area (Å²) in [6, 6.07) is 15.6. The second-order valence-corrected chi connectivity index (χ2v) is 3.67. The number of anilines is 1. The molecule has 0 unspecified atom stereocenters. The van der Waals surface area contributed by atoms with Crippen LogP contribution in [0.2, 0.25) is 5.02 Å². The van der Waals surface area contributed by atoms with Crippen LogP contribution in [0.5, 0.6) is 0 Å². The average Bonchev–Trinajstić information content (AvgIpc) is 2.29. The van der Waals surface area contributed by atoms with Crippen LogP contribution in [0.1, 0.15) is 0 Å². The molecule has 0 fully saturated rings. The molecular weight excluding hydrogens is 208 g/mol. The van der Waals surface area contributed by atoms with E-state index < -0.39 is 0 Å². The van der Waals surface area contributed by atoms with Gasteiger partial charge in [0.1, 0.15) is 0 Å². The van der Waals surface area contributed by atoms with Crippen LogP contribution in [-0.2, 0) is 0 Å². The minimum atomic E-state index is 0.735. The molecular formula is C12H11ClN2. The average molecular weight is 219 g/mol. The zero-order valence-corrected chi connectivity index (χ0v) is 8.83. The van der Waals surface area contributed by atoms with Crippen molar-refractivity contribution >= 4 is 17.3 Å². The number of nitrogens with two attached hydrogens (primary N) is 1. The molecule has 2 aromatic carbocycles. The van der Waals surface area contributed by atoms with Gasteiger partial charge in [-0.25, -0.2) is 0 Å². The molecule has 0 saturated carbocycles. The van der Waals surface area contributed by atoms with E-state index in [9.17, 15) is 0 Å². The second kappa shape index (κ2) is 4.34. The summed E-state index contributed by atoms with van der Waals surface area (Å²) in [6.45, 7) is 0. The highest BCUT2D eigenvalue weighted by molar-refractivity contribution is 6.30. The molecule has 0 radical (unpaired) electrons. The van der Waals surface area contributed by atoms with Crippen molar-refractivity contribution in [1.82, 2.24) is 0 Å². The van der Waals surface area contributed by atoms with E-state index in [-0.39, 0.29) is 0 Å². The SMILES string of the molecule is NNc1cccc(-c2cccc(Cl)c2)c1. The first-order valence-corrected chi connectivity index (χ1v) is 5.00. The van der Waals surface area contributed by atoms with Crippen molar-refractivity contribution in [2.45, 2.75) is 0 Å². The predicted molar refractivity (Wildman–Crippen MR) is 64.7 cm³/mol. The predicted octanol–water partition coefficient (Wildman–Crippen LogP) is 3.29. The van der Waals surface area contributed by atoms with Gasteiger partial charge in [-0.15, -0.1) is 0 Å². The maximum absolute atomic E-state index is 5.93. The molecule has 15 heavy (non-hydrogen) atoms. The van der Waals surface area contributed by atoms with Crippen LogP contribution in [0, 0.1) is 0 Å². The maximum Gasteiger partial charge on any atom is 0.0491 e. The molecule has 0 amide bonds. The highest BCUT2D eigenvalue weighted by Crippen LogP contribution is 2.24. The van der Waals surface area contributed by atoms with Gasteiger partial charge in [-0.3, -0.25) is 5.84 Å². The van der Waals surface area contributed by atoms with Crippen LogP contribution in [-0.4, -0.2) is 0 Å². The standard InChI is InChI=1S/C12H11ClN2/c13-11-5-1-3-9(7-11)10-4-2-6-12(8-10)15-14/h1-8,15H,14H2. The molecule has 0 aromatic heterocycles. The quantitative estimate of drug-likeness (QED) is 0.600. The smallest absolute Gasteiger partial charge is 0.0491 e. The summed E-state index contributed by atoms with van der Waals surface area (Å²) in [5.41, 5.74) is 5.67. The second-order valence-electron chi connectivity index (χ2n) is 3.24. The van der Waals surface area contributed by atoms with Gasteiger partial charge in [-0.05, 0) is 35.4 Å². The molecule has 3 heteroatoms. The van der Waals surface area contributed by atoms with Gasteiger partial charge >= 0.3 is 0 Å². The lowest BCUT2D eigenvalue weighted by Crippen LogP contribution is -2.06. The fraction of sp³-hybridized carbons (Fsp3) is 0. The van der Waals surface area contributed by atoms with E-state index in [2.05, 4.69) is 5.43 Å². The first-order chi connectivity index (χ1) is 7.29. The van der Waals surface area contributed by atoms with Crippen LogP contribution >= 0.6 is 11.6 Å². The molecule has 0 aliphatic heterocycles. The molecule has 0 heterocycles. The Morgan fingerprint density at radius 1 is 0.933 bits per heavy atom. The van der Waals surface area contributed by atoms with E-state index in [0.717, 1.165) is 21.8 Å². The van der Waals surface area contributed by atoms with Crippen molar-refractivity contribution in [2.24, 2.45) is 5.84 Å². The highest BCUT2D eigenvalue weighted by Gasteiger charge is 1.98. The molecule has 2 rings (SSSR count). The number of rotatable bonds is 2. The Morgan fingerprint density at radius 3 is 2.27 bits per heavy atom. The van der Waals surface area contributed by atoms with Gasteiger partial charge in [0, 0.05) is 10.7 Å². The first kappa shape index (κ1) is 10.0. The summed E-state index contributed by atoms with van der Waals surface area (Å²) in [7, 11) is 0. The zero-order valence-electron chi connectivity index (χ0n) is 8.07. The van der Waals surface area contributed by atoms with Crippen LogP contribution in [0.15, 0.2) is 48.5 Å². The summed E-state index contributed by atoms with van der Waals surface area (Å²) in [4.78, 5) is 0. The van der Waals surface area contributed by atoms with Gasteiger partial charge in [-0.2, -0.15) is 0 Å². The van der Waals surface area contributed by atoms with Crippen molar-refractivity contribution in [2.75, 3.05) is 5.43 Å². The maximum atomic E-state index is 5.93. The largest absolute Gasteiger partial charge is 0.324 e. The Bertz CT molecular complexity index is 469. The molecule has 2 aromatic rings. The molecule has 0 aliphatic rings. The van der Waals surface area contributed by atoms with E-state index in [1.807, 2.05) is 48.5 Å². The van der Waals surface area contributed by atoms with Gasteiger partial charge < -0.3 is 5.43 Å². The lowest BCUT2D eigenvalue weighted by molar-refractivity contribution is 1.35. The van der Waals surface area contributed by atoms with Crippen LogP contribution in [0.3, 0.4) is 0 Å². The highest BCUT2D eigenvalue weighted by atomic mass is 35.5. The minimum absolute atomic E-state index is 0.735. The molecule has 3 N–H and O–H groups in total. The van der Waals surface area contributed by atoms with Gasteiger partial charge in [0.25, 0.3) is 0 Å². The lowest BCUT2D eigenvalue weighted by Gasteiger charge is -2.05. The topological polar surface area (TPSA) is 38.0 Å². The number of hydrogen-bond acceptors (Lipinski definition) is 2. The first-order valence-electron chi connectivity index (χ1n) is 4.62. The van der Waals surface area contributed by atoms with E-state index in [1.54, 1.807) is 0 Å². The van der Waals surface area contributed by atoms with Gasteiger partial charge in [0.2, 0.25) is 0 Å². The van der Waals surface area contributed by atoms with Gasteiger partial charge in [0.05, 0.1) is 0 Å². The van der Waals surface area contributed by atoms with Crippen molar-refractivity contribution in [1.29, 1.82) is 0 Å². The van der Waals surface area contributed by atoms with Crippen LogP contribution in [0.25, 0.3) is 11.1 Å². The molecule has 2 nitrogen and oxygen atoms in total. The van der Waals surface area contributed by atoms with E-state index in [4.69, 9.17) is 17.4 Å². The van der Waals surface area contributed by atoms with E-state index in [0.29, 0.717) is 0 Å². The number of nitrogens with one attached hydrogen (secondary N) is 1. The fourth-order valence-electron chi connectivity index (χ4n) is 1.46. The summed E-state index contributed by atoms with van der Waals surface area (Å²) in [5.74, 6) is 5.35. The van der Waals surface area contributed by atoms with Gasteiger partial charge in [-0.1, -0.05) is 35.9 Å². The normalized spacial score (nSPS) is 10.0. The van der Waals surface area contributed by atoms with Crippen molar-refractivity contribution in [3.8, 4) is 11.1 Å². The Hall–Kier alpha value is -1.51. The minimum Gasteiger partial charge on any atom is -0.324 e. The zero-order chi connectivity index (χ0) is 10.7. The van der Waals surface area contributed by atoms with Crippen LogP contribution in [0.4, 0.5) is 5.69 Å². The molecule has 0 spiro atoms. The Morgan fingerprint density at radius 2 is 1.60 bits per heavy atom. The summed E-state index contributed by atoms with van der Waals surface area (Å²) in [6.07, 6.45) is 0. The number of halogens is 1. The summed E-state index contributed by atoms with van der Waals surface area (Å²) in [5, 5.41) is 0.735. The summed E-state index contributed by atoms with van der Waals surface area (Å²) >= 11 is 5.93. The Kier molecular flexibility index (Phi) is 2.90. The van der Waals surface area contributed by atoms with Crippen LogP contribution < -0.4 is 11.3 Å². The Labute approximate surface area is 93.7 Å². The molecule has 0 saturated heterocycles. The number of hydrogen-bond donors (Lipinski definition) is 2. The lowest BCUT2D eigenvalue weighted by atomic mass is 10.1. The third-order valence-electron chi connectivity index (χ3n) is 2.19. The molecule has 0 bridgehead atoms. The van der Waals surface area contributed by atoms with Crippen molar-refractivity contribution in [3.63, 3.8) is 0 Å². The molecule has 76 valence electrons. The van der Waals surface area contributed by atoms with Crippen molar-refractivity contribution in [3.05, 3.63) is 53.6 Å². The monoisotopic (exact) mass is 218 g/mol.